The summed E-state index contributed by atoms with van der Waals surface area (Å²) in [6, 6.07) is 15.8. The lowest BCUT2D eigenvalue weighted by Crippen LogP contribution is -2.28. The molecule has 0 aromatic heterocycles. The number of nitrogens with zero attached hydrogens (tertiary/aromatic N) is 1. The molecule has 22 heavy (non-hydrogen) atoms. The second-order valence-corrected chi connectivity index (χ2v) is 5.60. The fourth-order valence-corrected chi connectivity index (χ4v) is 2.87. The molecular formula is C18H20N2O2. The average Bonchev–Trinajstić information content (AvgIpc) is 2.52. The van der Waals surface area contributed by atoms with Crippen molar-refractivity contribution < 1.29 is 9.53 Å². The first kappa shape index (κ1) is 14.6. The quantitative estimate of drug-likeness (QED) is 0.926. The summed E-state index contributed by atoms with van der Waals surface area (Å²) in [5, 5.41) is 0. The molecule has 2 N–H and O–H groups in total. The molecule has 1 amide bonds. The van der Waals surface area contributed by atoms with Gasteiger partial charge in [-0.25, -0.2) is 0 Å². The molecule has 1 unspecified atom stereocenters. The zero-order chi connectivity index (χ0) is 15.5. The number of benzene rings is 2. The molecule has 0 fully saturated rings. The minimum absolute atomic E-state index is 0.00298. The molecule has 4 heteroatoms. The summed E-state index contributed by atoms with van der Waals surface area (Å²) in [4.78, 5) is 13.6. The van der Waals surface area contributed by atoms with Crippen molar-refractivity contribution in [3.8, 4) is 0 Å². The first-order chi connectivity index (χ1) is 10.6. The summed E-state index contributed by atoms with van der Waals surface area (Å²) in [6.07, 6.45) is 0.724. The number of carbonyl (C=O) groups is 1. The van der Waals surface area contributed by atoms with Gasteiger partial charge in [0.1, 0.15) is 0 Å². The van der Waals surface area contributed by atoms with Crippen LogP contribution < -0.4 is 10.6 Å². The molecule has 0 spiro atoms. The summed E-state index contributed by atoms with van der Waals surface area (Å²) in [7, 11) is 2.04. The molecular weight excluding hydrogens is 276 g/mol. The smallest absolute Gasteiger partial charge is 0.248 e. The number of nitrogens with two attached hydrogens (primary N) is 1. The number of hydrogen-bond donors (Lipinski definition) is 1. The normalized spacial score (nSPS) is 18.2. The molecule has 0 aliphatic carbocycles. The summed E-state index contributed by atoms with van der Waals surface area (Å²) >= 11 is 0. The van der Waals surface area contributed by atoms with Crippen LogP contribution >= 0.6 is 0 Å². The van der Waals surface area contributed by atoms with Gasteiger partial charge in [0.15, 0.2) is 0 Å². The Balaban J connectivity index is 1.99. The van der Waals surface area contributed by atoms with Gasteiger partial charge in [-0.1, -0.05) is 30.3 Å². The number of amides is 1. The molecule has 0 bridgehead atoms. The third kappa shape index (κ3) is 2.97. The van der Waals surface area contributed by atoms with Gasteiger partial charge < -0.3 is 15.4 Å². The molecule has 1 heterocycles. The lowest BCUT2D eigenvalue weighted by Gasteiger charge is -2.29. The van der Waals surface area contributed by atoms with E-state index in [0.717, 1.165) is 29.8 Å². The Morgan fingerprint density at radius 1 is 1.23 bits per heavy atom. The van der Waals surface area contributed by atoms with Crippen LogP contribution in [0.3, 0.4) is 0 Å². The number of fused-ring (bicyclic) bond motifs is 1. The number of hydrogen-bond acceptors (Lipinski definition) is 3. The first-order valence-corrected chi connectivity index (χ1v) is 7.45. The Hall–Kier alpha value is -2.33. The summed E-state index contributed by atoms with van der Waals surface area (Å²) in [5.74, 6) is -0.398. The van der Waals surface area contributed by atoms with E-state index in [1.807, 2.05) is 37.4 Å². The number of primary amides is 1. The lowest BCUT2D eigenvalue weighted by molar-refractivity contribution is 0.0560. The van der Waals surface area contributed by atoms with Crippen LogP contribution in [0.2, 0.25) is 0 Å². The summed E-state index contributed by atoms with van der Waals surface area (Å²) in [5.41, 5.74) is 9.33. The van der Waals surface area contributed by atoms with Gasteiger partial charge in [-0.15, -0.1) is 0 Å². The van der Waals surface area contributed by atoms with E-state index in [1.165, 1.54) is 0 Å². The van der Waals surface area contributed by atoms with Crippen molar-refractivity contribution in [2.24, 2.45) is 5.73 Å². The fraction of sp³-hybridized carbons (Fsp3) is 0.278. The van der Waals surface area contributed by atoms with E-state index >= 15 is 0 Å². The lowest BCUT2D eigenvalue weighted by atomic mass is 9.97. The third-order valence-corrected chi connectivity index (χ3v) is 4.10. The maximum atomic E-state index is 11.5. The number of likely N-dealkylation sites (N-methyl/N-ethyl adjacent to an activating group) is 1. The van der Waals surface area contributed by atoms with Crippen molar-refractivity contribution in [2.45, 2.75) is 12.5 Å². The summed E-state index contributed by atoms with van der Waals surface area (Å²) in [6.45, 7) is 1.49. The van der Waals surface area contributed by atoms with Gasteiger partial charge in [-0.05, 0) is 29.3 Å². The van der Waals surface area contributed by atoms with Crippen LogP contribution in [0.5, 0.6) is 0 Å². The molecule has 3 rings (SSSR count). The molecule has 2 aromatic rings. The van der Waals surface area contributed by atoms with Gasteiger partial charge in [-0.2, -0.15) is 0 Å². The van der Waals surface area contributed by atoms with Crippen LogP contribution in [-0.2, 0) is 11.2 Å². The van der Waals surface area contributed by atoms with Crippen LogP contribution in [0.1, 0.15) is 27.6 Å². The SMILES string of the molecule is CN1CCOC(c2ccccc2)Cc2cc(C(N)=O)ccc21. The van der Waals surface area contributed by atoms with Crippen molar-refractivity contribution >= 4 is 11.6 Å². The maximum absolute atomic E-state index is 11.5. The fourth-order valence-electron chi connectivity index (χ4n) is 2.87. The van der Waals surface area contributed by atoms with Crippen LogP contribution in [0.15, 0.2) is 48.5 Å². The number of ether oxygens (including phenoxy) is 1. The van der Waals surface area contributed by atoms with E-state index in [-0.39, 0.29) is 6.10 Å². The Labute approximate surface area is 130 Å². The van der Waals surface area contributed by atoms with Crippen molar-refractivity contribution in [2.75, 3.05) is 25.1 Å². The largest absolute Gasteiger partial charge is 0.372 e. The molecule has 1 aliphatic rings. The van der Waals surface area contributed by atoms with Gasteiger partial charge >= 0.3 is 0 Å². The second-order valence-electron chi connectivity index (χ2n) is 5.60. The second kappa shape index (κ2) is 6.20. The van der Waals surface area contributed by atoms with Crippen LogP contribution in [0.4, 0.5) is 5.69 Å². The number of anilines is 1. The van der Waals surface area contributed by atoms with E-state index in [9.17, 15) is 4.79 Å². The Kier molecular flexibility index (Phi) is 4.11. The molecule has 4 nitrogen and oxygen atoms in total. The topological polar surface area (TPSA) is 55.6 Å². The third-order valence-electron chi connectivity index (χ3n) is 4.10. The van der Waals surface area contributed by atoms with Crippen molar-refractivity contribution in [3.05, 3.63) is 65.2 Å². The minimum atomic E-state index is -0.398. The molecule has 1 atom stereocenters. The first-order valence-electron chi connectivity index (χ1n) is 7.45. The molecule has 2 aromatic carbocycles. The zero-order valence-electron chi connectivity index (χ0n) is 12.7. The van der Waals surface area contributed by atoms with E-state index in [1.54, 1.807) is 6.07 Å². The van der Waals surface area contributed by atoms with Gasteiger partial charge in [0, 0.05) is 31.3 Å². The predicted molar refractivity (Wildman–Crippen MR) is 87.1 cm³/mol. The average molecular weight is 296 g/mol. The van der Waals surface area contributed by atoms with Crippen molar-refractivity contribution in [3.63, 3.8) is 0 Å². The Morgan fingerprint density at radius 3 is 2.73 bits per heavy atom. The van der Waals surface area contributed by atoms with Crippen molar-refractivity contribution in [1.29, 1.82) is 0 Å². The minimum Gasteiger partial charge on any atom is -0.372 e. The number of rotatable bonds is 2. The molecule has 0 saturated heterocycles. The van der Waals surface area contributed by atoms with Crippen LogP contribution in [0.25, 0.3) is 0 Å². The maximum Gasteiger partial charge on any atom is 0.248 e. The highest BCUT2D eigenvalue weighted by Gasteiger charge is 2.20. The van der Waals surface area contributed by atoms with E-state index in [2.05, 4.69) is 17.0 Å². The van der Waals surface area contributed by atoms with E-state index in [4.69, 9.17) is 10.5 Å². The zero-order valence-corrected chi connectivity index (χ0v) is 12.7. The highest BCUT2D eigenvalue weighted by molar-refractivity contribution is 5.93. The monoisotopic (exact) mass is 296 g/mol. The van der Waals surface area contributed by atoms with Gasteiger partial charge in [-0.3, -0.25) is 4.79 Å². The Morgan fingerprint density at radius 2 is 2.00 bits per heavy atom. The van der Waals surface area contributed by atoms with Crippen LogP contribution in [0, 0.1) is 0 Å². The predicted octanol–water partition coefficient (Wildman–Crippen LogP) is 2.54. The van der Waals surface area contributed by atoms with E-state index in [0.29, 0.717) is 12.2 Å². The highest BCUT2D eigenvalue weighted by atomic mass is 16.5. The standard InChI is InChI=1S/C18H20N2O2/c1-20-9-10-22-17(13-5-3-2-4-6-13)12-15-11-14(18(19)21)7-8-16(15)20/h2-8,11,17H,9-10,12H2,1H3,(H2,19,21). The molecule has 0 saturated carbocycles. The number of carbonyl (C=O) groups excluding carboxylic acids is 1. The molecule has 1 aliphatic heterocycles. The van der Waals surface area contributed by atoms with Crippen LogP contribution in [-0.4, -0.2) is 26.1 Å². The van der Waals surface area contributed by atoms with Gasteiger partial charge in [0.05, 0.1) is 12.7 Å². The van der Waals surface area contributed by atoms with E-state index < -0.39 is 5.91 Å². The van der Waals surface area contributed by atoms with Gasteiger partial charge in [0.25, 0.3) is 0 Å². The Bertz CT molecular complexity index is 670. The van der Waals surface area contributed by atoms with Gasteiger partial charge in [0.2, 0.25) is 5.91 Å². The molecule has 0 radical (unpaired) electrons. The summed E-state index contributed by atoms with van der Waals surface area (Å²) < 4.78 is 6.04. The highest BCUT2D eigenvalue weighted by Crippen LogP contribution is 2.30. The molecule has 114 valence electrons. The van der Waals surface area contributed by atoms with Crippen molar-refractivity contribution in [1.82, 2.24) is 0 Å².